The molecule has 0 aromatic heterocycles. The first-order chi connectivity index (χ1) is 14.4. The summed E-state index contributed by atoms with van der Waals surface area (Å²) in [4.78, 5) is 13.9. The Morgan fingerprint density at radius 1 is 0.767 bits per heavy atom. The van der Waals surface area contributed by atoms with Crippen LogP contribution < -0.4 is 5.32 Å². The molecule has 0 bridgehead atoms. The van der Waals surface area contributed by atoms with Crippen LogP contribution >= 0.6 is 11.8 Å². The molecule has 1 N–H and O–H groups in total. The van der Waals surface area contributed by atoms with Crippen LogP contribution in [0.15, 0.2) is 59.5 Å². The number of rotatable bonds is 7. The van der Waals surface area contributed by atoms with Crippen molar-refractivity contribution in [2.45, 2.75) is 51.7 Å². The minimum atomic E-state index is -0.00116. The maximum Gasteiger partial charge on any atom is 0.252 e. The van der Waals surface area contributed by atoms with Crippen molar-refractivity contribution < 1.29 is 4.79 Å². The molecule has 1 amide bonds. The molecule has 0 aliphatic carbocycles. The molecule has 156 valence electrons. The van der Waals surface area contributed by atoms with Crippen molar-refractivity contribution in [1.82, 2.24) is 5.32 Å². The predicted molar refractivity (Wildman–Crippen MR) is 129 cm³/mol. The van der Waals surface area contributed by atoms with Gasteiger partial charge < -0.3 is 5.32 Å². The molecular weight excluding hydrogens is 386 g/mol. The van der Waals surface area contributed by atoms with Gasteiger partial charge in [0.15, 0.2) is 0 Å². The highest BCUT2D eigenvalue weighted by Crippen LogP contribution is 2.32. The van der Waals surface area contributed by atoms with Crippen LogP contribution in [0.2, 0.25) is 0 Å². The highest BCUT2D eigenvalue weighted by Gasteiger charge is 2.15. The van der Waals surface area contributed by atoms with E-state index in [0.29, 0.717) is 6.54 Å². The minimum Gasteiger partial charge on any atom is -0.352 e. The molecule has 0 saturated heterocycles. The van der Waals surface area contributed by atoms with Gasteiger partial charge in [-0.15, -0.1) is 11.8 Å². The van der Waals surface area contributed by atoms with Gasteiger partial charge >= 0.3 is 0 Å². The zero-order valence-electron chi connectivity index (χ0n) is 18.6. The molecule has 3 aromatic carbocycles. The van der Waals surface area contributed by atoms with Crippen LogP contribution in [-0.2, 0) is 12.2 Å². The quantitative estimate of drug-likeness (QED) is 0.445. The van der Waals surface area contributed by atoms with E-state index in [1.807, 2.05) is 36.4 Å². The topological polar surface area (TPSA) is 29.1 Å². The van der Waals surface area contributed by atoms with Crippen LogP contribution in [0.5, 0.6) is 0 Å². The molecule has 0 aliphatic heterocycles. The number of nitrogens with one attached hydrogen (secondary N) is 1. The molecule has 0 unspecified atom stereocenters. The van der Waals surface area contributed by atoms with Gasteiger partial charge in [0.2, 0.25) is 0 Å². The van der Waals surface area contributed by atoms with Crippen molar-refractivity contribution in [3.8, 4) is 0 Å². The smallest absolute Gasteiger partial charge is 0.252 e. The number of carbonyl (C=O) groups excluding carboxylic acids is 1. The molecule has 0 spiro atoms. The molecule has 2 nitrogen and oxygen atoms in total. The van der Waals surface area contributed by atoms with Crippen molar-refractivity contribution in [2.24, 2.45) is 0 Å². The normalized spacial score (nSPS) is 10.8. The van der Waals surface area contributed by atoms with E-state index in [1.165, 1.54) is 38.9 Å². The minimum absolute atomic E-state index is 0.00116. The Kier molecular flexibility index (Phi) is 7.38. The lowest BCUT2D eigenvalue weighted by Gasteiger charge is -2.19. The number of benzene rings is 3. The van der Waals surface area contributed by atoms with Gasteiger partial charge in [-0.05, 0) is 92.1 Å². The van der Waals surface area contributed by atoms with Crippen LogP contribution in [0.3, 0.4) is 0 Å². The van der Waals surface area contributed by atoms with Gasteiger partial charge in [0.1, 0.15) is 0 Å². The molecular formula is C27H31NOS. The van der Waals surface area contributed by atoms with Crippen LogP contribution in [0.25, 0.3) is 0 Å². The molecule has 3 heteroatoms. The zero-order valence-corrected chi connectivity index (χ0v) is 19.5. The Labute approximate surface area is 185 Å². The molecule has 0 aliphatic rings. The number of hydrogen-bond acceptors (Lipinski definition) is 2. The largest absolute Gasteiger partial charge is 0.352 e. The van der Waals surface area contributed by atoms with E-state index in [0.717, 1.165) is 22.6 Å². The Morgan fingerprint density at radius 2 is 1.33 bits per heavy atom. The molecule has 30 heavy (non-hydrogen) atoms. The molecule has 0 radical (unpaired) electrons. The third kappa shape index (κ3) is 4.96. The molecule has 0 heterocycles. The molecule has 0 fully saturated rings. The summed E-state index contributed by atoms with van der Waals surface area (Å²) in [5.41, 5.74) is 10.3. The van der Waals surface area contributed by atoms with Crippen LogP contribution in [0.4, 0.5) is 0 Å². The average Bonchev–Trinajstić information content (AvgIpc) is 2.77. The van der Waals surface area contributed by atoms with Gasteiger partial charge in [-0.25, -0.2) is 0 Å². The van der Waals surface area contributed by atoms with Crippen LogP contribution in [0, 0.1) is 34.6 Å². The average molecular weight is 418 g/mol. The summed E-state index contributed by atoms with van der Waals surface area (Å²) in [7, 11) is 0. The second-order valence-electron chi connectivity index (χ2n) is 7.88. The lowest BCUT2D eigenvalue weighted by atomic mass is 9.90. The fourth-order valence-corrected chi connectivity index (χ4v) is 5.01. The van der Waals surface area contributed by atoms with E-state index in [1.54, 1.807) is 11.8 Å². The number of hydrogen-bond donors (Lipinski definition) is 1. The fourth-order valence-electron chi connectivity index (χ4n) is 3.78. The molecule has 0 saturated carbocycles. The van der Waals surface area contributed by atoms with Gasteiger partial charge in [0.05, 0.1) is 5.56 Å². The summed E-state index contributed by atoms with van der Waals surface area (Å²) < 4.78 is 0. The Hall–Kier alpha value is -2.52. The van der Waals surface area contributed by atoms with Crippen molar-refractivity contribution in [3.05, 3.63) is 99.1 Å². The van der Waals surface area contributed by atoms with Gasteiger partial charge in [-0.3, -0.25) is 4.79 Å². The SMILES string of the molecule is Cc1c(C)c(C)c(CSc2ccccc2C(=O)NCCc2ccccc2)c(C)c1C. The Morgan fingerprint density at radius 3 is 2.00 bits per heavy atom. The fraction of sp³-hybridized carbons (Fsp3) is 0.296. The molecule has 3 aromatic rings. The lowest BCUT2D eigenvalue weighted by Crippen LogP contribution is -2.26. The van der Waals surface area contributed by atoms with Crippen molar-refractivity contribution in [2.75, 3.05) is 6.54 Å². The highest BCUT2D eigenvalue weighted by molar-refractivity contribution is 7.98. The number of amides is 1. The van der Waals surface area contributed by atoms with Crippen molar-refractivity contribution in [1.29, 1.82) is 0 Å². The second kappa shape index (κ2) is 9.99. The number of thioether (sulfide) groups is 1. The van der Waals surface area contributed by atoms with Crippen molar-refractivity contribution in [3.63, 3.8) is 0 Å². The maximum absolute atomic E-state index is 12.8. The van der Waals surface area contributed by atoms with E-state index in [9.17, 15) is 4.79 Å². The summed E-state index contributed by atoms with van der Waals surface area (Å²) in [6.45, 7) is 11.7. The van der Waals surface area contributed by atoms with Gasteiger partial charge in [0, 0.05) is 17.2 Å². The summed E-state index contributed by atoms with van der Waals surface area (Å²) in [5, 5.41) is 3.08. The zero-order chi connectivity index (χ0) is 21.7. The lowest BCUT2D eigenvalue weighted by molar-refractivity contribution is 0.0951. The summed E-state index contributed by atoms with van der Waals surface area (Å²) in [6, 6.07) is 18.2. The van der Waals surface area contributed by atoms with Crippen LogP contribution in [-0.4, -0.2) is 12.5 Å². The maximum atomic E-state index is 12.8. The van der Waals surface area contributed by atoms with E-state index in [4.69, 9.17) is 0 Å². The second-order valence-corrected chi connectivity index (χ2v) is 8.90. The van der Waals surface area contributed by atoms with Gasteiger partial charge in [-0.2, -0.15) is 0 Å². The number of carbonyl (C=O) groups is 1. The molecule has 0 atom stereocenters. The third-order valence-electron chi connectivity index (χ3n) is 6.20. The van der Waals surface area contributed by atoms with E-state index >= 15 is 0 Å². The Bertz CT molecular complexity index is 1010. The van der Waals surface area contributed by atoms with E-state index in [2.05, 4.69) is 58.1 Å². The van der Waals surface area contributed by atoms with Gasteiger partial charge in [0.25, 0.3) is 5.91 Å². The monoisotopic (exact) mass is 417 g/mol. The summed E-state index contributed by atoms with van der Waals surface area (Å²) >= 11 is 1.75. The van der Waals surface area contributed by atoms with Gasteiger partial charge in [-0.1, -0.05) is 42.5 Å². The summed E-state index contributed by atoms with van der Waals surface area (Å²) in [5.74, 6) is 0.868. The first-order valence-corrected chi connectivity index (χ1v) is 11.5. The van der Waals surface area contributed by atoms with E-state index < -0.39 is 0 Å². The van der Waals surface area contributed by atoms with E-state index in [-0.39, 0.29) is 5.91 Å². The first-order valence-electron chi connectivity index (χ1n) is 10.5. The highest BCUT2D eigenvalue weighted by atomic mass is 32.2. The Balaban J connectivity index is 1.71. The standard InChI is InChI=1S/C27H31NOS/c1-18-19(2)21(4)25(22(5)20(18)3)17-30-26-14-10-9-13-24(26)27(29)28-16-15-23-11-7-6-8-12-23/h6-14H,15-17H2,1-5H3,(H,28,29). The molecule has 3 rings (SSSR count). The van der Waals surface area contributed by atoms with Crippen molar-refractivity contribution >= 4 is 17.7 Å². The van der Waals surface area contributed by atoms with Crippen LogP contribution in [0.1, 0.15) is 49.3 Å². The predicted octanol–water partition coefficient (Wildman–Crippen LogP) is 6.49. The first kappa shape index (κ1) is 22.2. The summed E-state index contributed by atoms with van der Waals surface area (Å²) in [6.07, 6.45) is 0.836. The third-order valence-corrected chi connectivity index (χ3v) is 7.30.